The van der Waals surface area contributed by atoms with E-state index in [4.69, 9.17) is 5.73 Å². The number of esters is 2. The number of carbonyl (C=O) groups is 4. The van der Waals surface area contributed by atoms with Gasteiger partial charge in [0.2, 0.25) is 0 Å². The van der Waals surface area contributed by atoms with Crippen LogP contribution in [0.1, 0.15) is 12.8 Å². The molecule has 0 unspecified atom stereocenters. The Hall–Kier alpha value is -1.76. The molecule has 7 nitrogen and oxygen atoms in total. The van der Waals surface area contributed by atoms with Crippen molar-refractivity contribution < 1.29 is 28.7 Å². The molecule has 0 aromatic rings. The van der Waals surface area contributed by atoms with Crippen LogP contribution >= 0.6 is 0 Å². The topological polar surface area (TPSA) is 113 Å². The van der Waals surface area contributed by atoms with Crippen LogP contribution in [0.2, 0.25) is 0 Å². The third kappa shape index (κ3) is 4.99. The van der Waals surface area contributed by atoms with E-state index in [2.05, 4.69) is 9.47 Å². The van der Waals surface area contributed by atoms with Crippen molar-refractivity contribution in [1.29, 1.82) is 0 Å². The lowest BCUT2D eigenvalue weighted by Gasteiger charge is -2.05. The van der Waals surface area contributed by atoms with Gasteiger partial charge in [0.05, 0.1) is 0 Å². The second-order valence-electron chi connectivity index (χ2n) is 2.26. The first-order chi connectivity index (χ1) is 6.61. The molecule has 0 aliphatic rings. The summed E-state index contributed by atoms with van der Waals surface area (Å²) in [6.07, 6.45) is -0.257. The van der Waals surface area contributed by atoms with Gasteiger partial charge in [0.1, 0.15) is 6.04 Å². The van der Waals surface area contributed by atoms with Gasteiger partial charge in [-0.25, -0.2) is 4.79 Å². The summed E-state index contributed by atoms with van der Waals surface area (Å²) in [5, 5.41) is 0. The summed E-state index contributed by atoms with van der Waals surface area (Å²) in [4.78, 5) is 40.7. The van der Waals surface area contributed by atoms with Crippen molar-refractivity contribution in [3.8, 4) is 0 Å². The van der Waals surface area contributed by atoms with Crippen molar-refractivity contribution in [2.75, 3.05) is 0 Å². The van der Waals surface area contributed by atoms with E-state index < -0.39 is 18.0 Å². The number of ether oxygens (including phenoxy) is 2. The molecule has 0 rings (SSSR count). The van der Waals surface area contributed by atoms with Crippen LogP contribution in [0.5, 0.6) is 0 Å². The lowest BCUT2D eigenvalue weighted by molar-refractivity contribution is -0.152. The molecule has 78 valence electrons. The van der Waals surface area contributed by atoms with E-state index in [0.29, 0.717) is 0 Å². The maximum Gasteiger partial charge on any atom is 0.330 e. The Morgan fingerprint density at radius 3 is 2.29 bits per heavy atom. The third-order valence-electron chi connectivity index (χ3n) is 1.31. The first-order valence-electron chi connectivity index (χ1n) is 3.64. The zero-order valence-electron chi connectivity index (χ0n) is 7.17. The Bertz CT molecular complexity index is 238. The van der Waals surface area contributed by atoms with Gasteiger partial charge in [0, 0.05) is 6.42 Å². The Balaban J connectivity index is 3.77. The molecule has 0 aliphatic heterocycles. The van der Waals surface area contributed by atoms with Crippen LogP contribution < -0.4 is 5.73 Å². The quantitative estimate of drug-likeness (QED) is 0.317. The summed E-state index contributed by atoms with van der Waals surface area (Å²) in [5.74, 6) is -1.73. The number of rotatable bonds is 6. The van der Waals surface area contributed by atoms with Gasteiger partial charge in [-0.05, 0) is 6.42 Å². The first kappa shape index (κ1) is 12.2. The van der Waals surface area contributed by atoms with E-state index in [9.17, 15) is 19.2 Å². The Labute approximate surface area is 79.1 Å². The first-order valence-corrected chi connectivity index (χ1v) is 3.64. The molecule has 0 fully saturated rings. The fraction of sp³-hybridized carbons (Fsp3) is 0.429. The average molecular weight is 203 g/mol. The molecule has 2 N–H and O–H groups in total. The smallest absolute Gasteiger partial charge is 0.330 e. The zero-order valence-corrected chi connectivity index (χ0v) is 7.17. The third-order valence-corrected chi connectivity index (χ3v) is 1.31. The Morgan fingerprint density at radius 1 is 1.21 bits per heavy atom. The molecule has 0 saturated carbocycles. The van der Waals surface area contributed by atoms with Crippen LogP contribution in [-0.2, 0) is 28.7 Å². The van der Waals surface area contributed by atoms with Crippen molar-refractivity contribution in [1.82, 2.24) is 0 Å². The van der Waals surface area contributed by atoms with E-state index in [-0.39, 0.29) is 25.8 Å². The minimum absolute atomic E-state index is 0.0163. The molecule has 0 aliphatic carbocycles. The van der Waals surface area contributed by atoms with Gasteiger partial charge < -0.3 is 15.2 Å². The second kappa shape index (κ2) is 6.72. The predicted octanol–water partition coefficient (Wildman–Crippen LogP) is -1.51. The normalized spacial score (nSPS) is 11.2. The largest absolute Gasteiger partial charge is 0.395 e. The molecule has 7 heteroatoms. The van der Waals surface area contributed by atoms with Crippen molar-refractivity contribution >= 4 is 24.9 Å². The summed E-state index contributed by atoms with van der Waals surface area (Å²) in [5.41, 5.74) is 5.22. The highest BCUT2D eigenvalue weighted by molar-refractivity contribution is 5.82. The van der Waals surface area contributed by atoms with Crippen molar-refractivity contribution in [3.05, 3.63) is 0 Å². The van der Waals surface area contributed by atoms with Crippen LogP contribution in [-0.4, -0.2) is 30.9 Å². The number of nitrogens with two attached hydrogens (primary N) is 1. The minimum Gasteiger partial charge on any atom is -0.395 e. The molecular formula is C7H9NO6. The summed E-state index contributed by atoms with van der Waals surface area (Å²) in [7, 11) is 0. The van der Waals surface area contributed by atoms with E-state index in [1.54, 1.807) is 0 Å². The molecular weight excluding hydrogens is 194 g/mol. The highest BCUT2D eigenvalue weighted by Gasteiger charge is 2.16. The number of hydrogen-bond donors (Lipinski definition) is 1. The molecule has 0 amide bonds. The molecule has 0 radical (unpaired) electrons. The molecule has 0 aromatic carbocycles. The average Bonchev–Trinajstić information content (AvgIpc) is 2.15. The highest BCUT2D eigenvalue weighted by Crippen LogP contribution is 1.97. The van der Waals surface area contributed by atoms with Crippen LogP contribution in [0.4, 0.5) is 0 Å². The SMILES string of the molecule is N[C@@H](CCC(=O)OC=O)C(=O)OC=O. The predicted molar refractivity (Wildman–Crippen MR) is 41.5 cm³/mol. The fourth-order valence-electron chi connectivity index (χ4n) is 0.639. The van der Waals surface area contributed by atoms with Crippen molar-refractivity contribution in [2.24, 2.45) is 5.73 Å². The van der Waals surface area contributed by atoms with Crippen molar-refractivity contribution in [3.63, 3.8) is 0 Å². The van der Waals surface area contributed by atoms with Crippen LogP contribution in [0.3, 0.4) is 0 Å². The summed E-state index contributed by atoms with van der Waals surface area (Å²) >= 11 is 0. The Morgan fingerprint density at radius 2 is 1.79 bits per heavy atom. The Kier molecular flexibility index (Phi) is 5.88. The van der Waals surface area contributed by atoms with E-state index in [1.807, 2.05) is 0 Å². The highest BCUT2D eigenvalue weighted by atomic mass is 16.6. The maximum absolute atomic E-state index is 10.7. The number of hydrogen-bond acceptors (Lipinski definition) is 7. The molecule has 14 heavy (non-hydrogen) atoms. The molecule has 1 atom stereocenters. The van der Waals surface area contributed by atoms with Crippen LogP contribution in [0.15, 0.2) is 0 Å². The monoisotopic (exact) mass is 203 g/mol. The summed E-state index contributed by atoms with van der Waals surface area (Å²) in [6.45, 7) is -0.0659. The molecule has 0 spiro atoms. The van der Waals surface area contributed by atoms with E-state index >= 15 is 0 Å². The van der Waals surface area contributed by atoms with Crippen molar-refractivity contribution in [2.45, 2.75) is 18.9 Å². The standard InChI is InChI=1S/C7H9NO6/c8-5(7(12)14-4-10)1-2-6(11)13-3-9/h3-5H,1-2,8H2/t5-/m0/s1. The van der Waals surface area contributed by atoms with E-state index in [1.165, 1.54) is 0 Å². The lowest BCUT2D eigenvalue weighted by atomic mass is 10.2. The van der Waals surface area contributed by atoms with Gasteiger partial charge in [0.25, 0.3) is 0 Å². The van der Waals surface area contributed by atoms with Gasteiger partial charge in [-0.1, -0.05) is 0 Å². The van der Waals surface area contributed by atoms with E-state index in [0.717, 1.165) is 0 Å². The lowest BCUT2D eigenvalue weighted by Crippen LogP contribution is -2.32. The van der Waals surface area contributed by atoms with Gasteiger partial charge in [-0.2, -0.15) is 0 Å². The van der Waals surface area contributed by atoms with Gasteiger partial charge in [-0.3, -0.25) is 14.4 Å². The summed E-state index contributed by atoms with van der Waals surface area (Å²) < 4.78 is 7.87. The second-order valence-corrected chi connectivity index (χ2v) is 2.26. The van der Waals surface area contributed by atoms with Crippen LogP contribution in [0.25, 0.3) is 0 Å². The molecule has 0 heterocycles. The molecule has 0 saturated heterocycles. The fourth-order valence-corrected chi connectivity index (χ4v) is 0.639. The van der Waals surface area contributed by atoms with Gasteiger partial charge in [-0.15, -0.1) is 0 Å². The summed E-state index contributed by atoms with van der Waals surface area (Å²) in [6, 6.07) is -1.08. The minimum atomic E-state index is -1.08. The van der Waals surface area contributed by atoms with Gasteiger partial charge in [0.15, 0.2) is 0 Å². The molecule has 0 aromatic heterocycles. The van der Waals surface area contributed by atoms with Crippen LogP contribution in [0, 0.1) is 0 Å². The zero-order chi connectivity index (χ0) is 11.0. The number of carbonyl (C=O) groups excluding carboxylic acids is 4. The maximum atomic E-state index is 10.7. The molecule has 0 bridgehead atoms. The van der Waals surface area contributed by atoms with Gasteiger partial charge >= 0.3 is 24.9 Å².